The Morgan fingerprint density at radius 3 is 2.52 bits per heavy atom. The molecule has 1 aliphatic heterocycles. The Hall–Kier alpha value is -2.33. The highest BCUT2D eigenvalue weighted by atomic mass is 16.7. The molecule has 1 aliphatic rings. The third kappa shape index (κ3) is 3.06. The molecule has 1 unspecified atom stereocenters. The highest BCUT2D eigenvalue weighted by Gasteiger charge is 2.34. The third-order valence-corrected chi connectivity index (χ3v) is 3.61. The Kier molecular flexibility index (Phi) is 3.88. The number of hydrogen-bond acceptors (Lipinski definition) is 4. The van der Waals surface area contributed by atoms with Crippen LogP contribution in [-0.2, 0) is 16.2 Å². The lowest BCUT2D eigenvalue weighted by atomic mass is 10.0. The molecule has 0 aliphatic carbocycles. The summed E-state index contributed by atoms with van der Waals surface area (Å²) in [5.74, 6) is 0.616. The summed E-state index contributed by atoms with van der Waals surface area (Å²) in [5.41, 5.74) is 2.17. The van der Waals surface area contributed by atoms with E-state index in [9.17, 15) is 4.79 Å². The molecular weight excluding hydrogens is 266 g/mol. The standard InChI is InChI=1S/C17H17NO3/c1-20-15-9-7-14(8-10-15)16-11-17(19)21-18(16)12-13-5-3-2-4-6-13/h2-10,16H,11-12H2,1H3. The van der Waals surface area contributed by atoms with Gasteiger partial charge in [0.15, 0.2) is 0 Å². The largest absolute Gasteiger partial charge is 0.497 e. The normalized spacial score (nSPS) is 18.5. The molecule has 0 saturated carbocycles. The van der Waals surface area contributed by atoms with Crippen molar-refractivity contribution in [3.63, 3.8) is 0 Å². The monoisotopic (exact) mass is 283 g/mol. The zero-order chi connectivity index (χ0) is 14.7. The fourth-order valence-electron chi connectivity index (χ4n) is 2.51. The molecular formula is C17H17NO3. The smallest absolute Gasteiger partial charge is 0.327 e. The summed E-state index contributed by atoms with van der Waals surface area (Å²) in [7, 11) is 1.64. The molecule has 1 fully saturated rings. The van der Waals surface area contributed by atoms with Crippen LogP contribution in [0.25, 0.3) is 0 Å². The van der Waals surface area contributed by atoms with Crippen molar-refractivity contribution in [1.29, 1.82) is 0 Å². The van der Waals surface area contributed by atoms with Crippen LogP contribution in [0.3, 0.4) is 0 Å². The van der Waals surface area contributed by atoms with Crippen LogP contribution in [0.15, 0.2) is 54.6 Å². The molecule has 0 radical (unpaired) electrons. The average Bonchev–Trinajstić information content (AvgIpc) is 2.89. The molecule has 4 heteroatoms. The van der Waals surface area contributed by atoms with Gasteiger partial charge in [0.2, 0.25) is 0 Å². The van der Waals surface area contributed by atoms with Gasteiger partial charge in [-0.15, -0.1) is 5.06 Å². The topological polar surface area (TPSA) is 38.8 Å². The van der Waals surface area contributed by atoms with Crippen LogP contribution >= 0.6 is 0 Å². The van der Waals surface area contributed by atoms with E-state index in [1.807, 2.05) is 54.6 Å². The first-order chi connectivity index (χ1) is 10.3. The lowest BCUT2D eigenvalue weighted by Gasteiger charge is -2.21. The van der Waals surface area contributed by atoms with Gasteiger partial charge >= 0.3 is 5.97 Å². The summed E-state index contributed by atoms with van der Waals surface area (Å²) in [6, 6.07) is 17.7. The number of hydroxylamine groups is 2. The maximum Gasteiger partial charge on any atom is 0.327 e. The number of hydrogen-bond donors (Lipinski definition) is 0. The fraction of sp³-hybridized carbons (Fsp3) is 0.235. The molecule has 0 aromatic heterocycles. The highest BCUT2D eigenvalue weighted by molar-refractivity contribution is 5.72. The number of ether oxygens (including phenoxy) is 1. The second kappa shape index (κ2) is 5.97. The Balaban J connectivity index is 1.80. The molecule has 1 atom stereocenters. The van der Waals surface area contributed by atoms with Gasteiger partial charge in [-0.3, -0.25) is 4.79 Å². The zero-order valence-corrected chi connectivity index (χ0v) is 11.9. The van der Waals surface area contributed by atoms with E-state index in [1.54, 1.807) is 12.2 Å². The van der Waals surface area contributed by atoms with Gasteiger partial charge in [-0.25, -0.2) is 0 Å². The molecule has 0 amide bonds. The first-order valence-electron chi connectivity index (χ1n) is 6.91. The molecule has 3 rings (SSSR count). The average molecular weight is 283 g/mol. The predicted molar refractivity (Wildman–Crippen MR) is 78.4 cm³/mol. The first-order valence-corrected chi connectivity index (χ1v) is 6.91. The van der Waals surface area contributed by atoms with Gasteiger partial charge in [0.1, 0.15) is 5.75 Å². The van der Waals surface area contributed by atoms with Crippen molar-refractivity contribution in [2.75, 3.05) is 7.11 Å². The van der Waals surface area contributed by atoms with Gasteiger partial charge in [0, 0.05) is 0 Å². The molecule has 108 valence electrons. The van der Waals surface area contributed by atoms with Crippen molar-refractivity contribution < 1.29 is 14.4 Å². The third-order valence-electron chi connectivity index (χ3n) is 3.61. The SMILES string of the molecule is COc1ccc(C2CC(=O)ON2Cc2ccccc2)cc1. The van der Waals surface area contributed by atoms with Crippen LogP contribution in [0, 0.1) is 0 Å². The minimum atomic E-state index is -0.188. The van der Waals surface area contributed by atoms with Crippen LogP contribution in [-0.4, -0.2) is 18.1 Å². The summed E-state index contributed by atoms with van der Waals surface area (Å²) < 4.78 is 5.16. The van der Waals surface area contributed by atoms with Crippen molar-refractivity contribution in [3.8, 4) is 5.75 Å². The summed E-state index contributed by atoms with van der Waals surface area (Å²) >= 11 is 0. The van der Waals surface area contributed by atoms with Crippen molar-refractivity contribution in [1.82, 2.24) is 5.06 Å². The van der Waals surface area contributed by atoms with Crippen LogP contribution in [0.5, 0.6) is 5.75 Å². The molecule has 21 heavy (non-hydrogen) atoms. The van der Waals surface area contributed by atoms with Gasteiger partial charge in [-0.2, -0.15) is 0 Å². The number of methoxy groups -OCH3 is 1. The van der Waals surface area contributed by atoms with E-state index in [-0.39, 0.29) is 12.0 Å². The lowest BCUT2D eigenvalue weighted by molar-refractivity contribution is -0.178. The van der Waals surface area contributed by atoms with E-state index >= 15 is 0 Å². The predicted octanol–water partition coefficient (Wildman–Crippen LogP) is 3.10. The van der Waals surface area contributed by atoms with Gasteiger partial charge < -0.3 is 9.57 Å². The van der Waals surface area contributed by atoms with Gasteiger partial charge in [0.05, 0.1) is 26.1 Å². The van der Waals surface area contributed by atoms with Gasteiger partial charge in [-0.1, -0.05) is 42.5 Å². The van der Waals surface area contributed by atoms with E-state index in [4.69, 9.17) is 9.57 Å². The molecule has 2 aromatic rings. The quantitative estimate of drug-likeness (QED) is 0.864. The number of benzene rings is 2. The number of rotatable bonds is 4. The van der Waals surface area contributed by atoms with Crippen LogP contribution in [0.1, 0.15) is 23.6 Å². The fourth-order valence-corrected chi connectivity index (χ4v) is 2.51. The molecule has 0 bridgehead atoms. The maximum atomic E-state index is 11.7. The lowest BCUT2D eigenvalue weighted by Crippen LogP contribution is -2.21. The molecule has 1 saturated heterocycles. The van der Waals surface area contributed by atoms with E-state index < -0.39 is 0 Å². The highest BCUT2D eigenvalue weighted by Crippen LogP contribution is 2.33. The first kappa shape index (κ1) is 13.6. The minimum absolute atomic E-state index is 0.0522. The number of carbonyl (C=O) groups excluding carboxylic acids is 1. The van der Waals surface area contributed by atoms with Crippen LogP contribution < -0.4 is 4.74 Å². The van der Waals surface area contributed by atoms with E-state index in [2.05, 4.69) is 0 Å². The minimum Gasteiger partial charge on any atom is -0.497 e. The molecule has 1 heterocycles. The Bertz CT molecular complexity index is 610. The second-order valence-electron chi connectivity index (χ2n) is 5.02. The summed E-state index contributed by atoms with van der Waals surface area (Å²) in [6.45, 7) is 0.587. The molecule has 0 spiro atoms. The van der Waals surface area contributed by atoms with Gasteiger partial charge in [-0.05, 0) is 23.3 Å². The summed E-state index contributed by atoms with van der Waals surface area (Å²) in [6.07, 6.45) is 0.374. The molecule has 4 nitrogen and oxygen atoms in total. The van der Waals surface area contributed by atoms with Crippen molar-refractivity contribution in [2.45, 2.75) is 19.0 Å². The Morgan fingerprint density at radius 1 is 1.14 bits per heavy atom. The Labute approximate surface area is 123 Å². The Morgan fingerprint density at radius 2 is 1.86 bits per heavy atom. The number of carbonyl (C=O) groups is 1. The zero-order valence-electron chi connectivity index (χ0n) is 11.9. The molecule has 2 aromatic carbocycles. The van der Waals surface area contributed by atoms with E-state index in [1.165, 1.54) is 0 Å². The van der Waals surface area contributed by atoms with Crippen LogP contribution in [0.2, 0.25) is 0 Å². The van der Waals surface area contributed by atoms with E-state index in [0.717, 1.165) is 16.9 Å². The summed E-state index contributed by atoms with van der Waals surface area (Å²) in [5, 5.41) is 1.75. The second-order valence-corrected chi connectivity index (χ2v) is 5.02. The van der Waals surface area contributed by atoms with E-state index in [0.29, 0.717) is 13.0 Å². The van der Waals surface area contributed by atoms with Crippen molar-refractivity contribution >= 4 is 5.97 Å². The number of nitrogens with zero attached hydrogens (tertiary/aromatic N) is 1. The van der Waals surface area contributed by atoms with Gasteiger partial charge in [0.25, 0.3) is 0 Å². The van der Waals surface area contributed by atoms with Crippen molar-refractivity contribution in [2.24, 2.45) is 0 Å². The molecule has 0 N–H and O–H groups in total. The van der Waals surface area contributed by atoms with Crippen molar-refractivity contribution in [3.05, 3.63) is 65.7 Å². The maximum absolute atomic E-state index is 11.7. The summed E-state index contributed by atoms with van der Waals surface area (Å²) in [4.78, 5) is 17.0. The van der Waals surface area contributed by atoms with Crippen LogP contribution in [0.4, 0.5) is 0 Å².